The van der Waals surface area contributed by atoms with E-state index < -0.39 is 16.1 Å². The lowest BCUT2D eigenvalue weighted by Gasteiger charge is -2.25. The van der Waals surface area contributed by atoms with Crippen molar-refractivity contribution in [2.75, 3.05) is 19.6 Å². The monoisotopic (exact) mass is 381 g/mol. The molecule has 1 amide bonds. The largest absolute Gasteiger partial charge is 0.354 e. The molecular formula is C14H24ClN3O3S2. The first kappa shape index (κ1) is 20.4. The molecule has 6 nitrogen and oxygen atoms in total. The molecule has 23 heavy (non-hydrogen) atoms. The van der Waals surface area contributed by atoms with Gasteiger partial charge in [-0.15, -0.1) is 23.7 Å². The molecule has 1 aromatic heterocycles. The SMILES string of the molecule is C[C@H](N)C(=O)NCCc1ccc(S(=O)(=O)N2CCCCC2)s1.Cl. The number of thiophene rings is 1. The van der Waals surface area contributed by atoms with Crippen LogP contribution in [0.4, 0.5) is 0 Å². The van der Waals surface area contributed by atoms with Crippen LogP contribution in [0.25, 0.3) is 0 Å². The number of sulfonamides is 1. The van der Waals surface area contributed by atoms with E-state index in [0.717, 1.165) is 24.1 Å². The zero-order valence-corrected chi connectivity index (χ0v) is 15.6. The maximum atomic E-state index is 12.5. The van der Waals surface area contributed by atoms with Gasteiger partial charge in [0, 0.05) is 24.5 Å². The summed E-state index contributed by atoms with van der Waals surface area (Å²) in [7, 11) is -3.35. The summed E-state index contributed by atoms with van der Waals surface area (Å²) in [5, 5.41) is 2.72. The molecule has 1 aliphatic heterocycles. The highest BCUT2D eigenvalue weighted by Crippen LogP contribution is 2.27. The number of nitrogens with two attached hydrogens (primary N) is 1. The maximum Gasteiger partial charge on any atom is 0.252 e. The minimum atomic E-state index is -3.35. The smallest absolute Gasteiger partial charge is 0.252 e. The Labute approximate surface area is 147 Å². The molecule has 0 spiro atoms. The summed E-state index contributed by atoms with van der Waals surface area (Å²) in [5.74, 6) is -0.197. The lowest BCUT2D eigenvalue weighted by molar-refractivity contribution is -0.121. The van der Waals surface area contributed by atoms with Gasteiger partial charge in [-0.2, -0.15) is 4.31 Å². The van der Waals surface area contributed by atoms with Crippen LogP contribution in [0, 0.1) is 0 Å². The number of hydrogen-bond donors (Lipinski definition) is 2. The fourth-order valence-electron chi connectivity index (χ4n) is 2.33. The molecule has 2 rings (SSSR count). The maximum absolute atomic E-state index is 12.5. The molecule has 0 radical (unpaired) electrons. The molecule has 0 saturated carbocycles. The Hall–Kier alpha value is -0.670. The lowest BCUT2D eigenvalue weighted by atomic mass is 10.2. The average molecular weight is 382 g/mol. The zero-order chi connectivity index (χ0) is 16.2. The molecule has 0 aromatic carbocycles. The Bertz CT molecular complexity index is 611. The predicted octanol–water partition coefficient (Wildman–Crippen LogP) is 1.35. The quantitative estimate of drug-likeness (QED) is 0.777. The van der Waals surface area contributed by atoms with Gasteiger partial charge in [0.15, 0.2) is 0 Å². The van der Waals surface area contributed by atoms with Crippen LogP contribution < -0.4 is 11.1 Å². The van der Waals surface area contributed by atoms with E-state index in [0.29, 0.717) is 30.3 Å². The first-order chi connectivity index (χ1) is 10.4. The van der Waals surface area contributed by atoms with E-state index in [2.05, 4.69) is 5.32 Å². The third-order valence-corrected chi connectivity index (χ3v) is 7.14. The Morgan fingerprint density at radius 3 is 2.61 bits per heavy atom. The summed E-state index contributed by atoms with van der Waals surface area (Å²) in [4.78, 5) is 12.3. The Morgan fingerprint density at radius 1 is 1.35 bits per heavy atom. The Kier molecular flexibility index (Phi) is 7.96. The normalized spacial score (nSPS) is 17.3. The van der Waals surface area contributed by atoms with Gasteiger partial charge < -0.3 is 11.1 Å². The number of amides is 1. The van der Waals surface area contributed by atoms with Crippen molar-refractivity contribution in [3.8, 4) is 0 Å². The van der Waals surface area contributed by atoms with Gasteiger partial charge in [0.25, 0.3) is 10.0 Å². The minimum absolute atomic E-state index is 0. The van der Waals surface area contributed by atoms with Crippen molar-refractivity contribution in [3.63, 3.8) is 0 Å². The molecular weight excluding hydrogens is 358 g/mol. The third kappa shape index (κ3) is 5.42. The van der Waals surface area contributed by atoms with Crippen molar-refractivity contribution in [1.82, 2.24) is 9.62 Å². The molecule has 0 bridgehead atoms. The lowest BCUT2D eigenvalue weighted by Crippen LogP contribution is -2.39. The van der Waals surface area contributed by atoms with Gasteiger partial charge in [0.1, 0.15) is 4.21 Å². The zero-order valence-electron chi connectivity index (χ0n) is 13.2. The summed E-state index contributed by atoms with van der Waals surface area (Å²) in [6.45, 7) is 3.31. The van der Waals surface area contributed by atoms with Crippen molar-refractivity contribution in [3.05, 3.63) is 17.0 Å². The van der Waals surface area contributed by atoms with E-state index in [1.165, 1.54) is 11.3 Å². The van der Waals surface area contributed by atoms with Gasteiger partial charge in [0.2, 0.25) is 5.91 Å². The second-order valence-corrected chi connectivity index (χ2v) is 8.85. The number of nitrogens with one attached hydrogen (secondary N) is 1. The molecule has 1 saturated heterocycles. The standard InChI is InChI=1S/C14H23N3O3S2.ClH/c1-11(15)14(18)16-8-7-12-5-6-13(21-12)22(19,20)17-9-3-2-4-10-17;/h5-6,11H,2-4,7-10,15H2,1H3,(H,16,18);1H/t11-;/m0./s1. The van der Waals surface area contributed by atoms with Gasteiger partial charge in [-0.25, -0.2) is 8.42 Å². The third-order valence-electron chi connectivity index (χ3n) is 3.63. The average Bonchev–Trinajstić information content (AvgIpc) is 2.97. The fraction of sp³-hybridized carbons (Fsp3) is 0.643. The van der Waals surface area contributed by atoms with Gasteiger partial charge in [0.05, 0.1) is 6.04 Å². The van der Waals surface area contributed by atoms with Crippen LogP contribution in [0.1, 0.15) is 31.1 Å². The van der Waals surface area contributed by atoms with Crippen molar-refractivity contribution >= 4 is 39.7 Å². The summed E-state index contributed by atoms with van der Waals surface area (Å²) >= 11 is 1.28. The highest BCUT2D eigenvalue weighted by atomic mass is 35.5. The first-order valence-corrected chi connectivity index (χ1v) is 9.79. The summed E-state index contributed by atoms with van der Waals surface area (Å²) in [6.07, 6.45) is 3.57. The Balaban J connectivity index is 0.00000264. The number of carbonyl (C=O) groups is 1. The van der Waals surface area contributed by atoms with Gasteiger partial charge in [-0.1, -0.05) is 6.42 Å². The highest BCUT2D eigenvalue weighted by Gasteiger charge is 2.27. The van der Waals surface area contributed by atoms with Gasteiger partial charge in [-0.05, 0) is 38.3 Å². The van der Waals surface area contributed by atoms with Crippen LogP contribution >= 0.6 is 23.7 Å². The summed E-state index contributed by atoms with van der Waals surface area (Å²) in [6, 6.07) is 2.95. The molecule has 132 valence electrons. The van der Waals surface area contributed by atoms with Crippen LogP contribution in [-0.2, 0) is 21.2 Å². The topological polar surface area (TPSA) is 92.5 Å². The molecule has 0 aliphatic carbocycles. The van der Waals surface area contributed by atoms with Crippen LogP contribution in [0.3, 0.4) is 0 Å². The molecule has 1 aliphatic rings. The molecule has 2 heterocycles. The second kappa shape index (κ2) is 8.98. The number of piperidine rings is 1. The van der Waals surface area contributed by atoms with E-state index >= 15 is 0 Å². The van der Waals surface area contributed by atoms with E-state index in [-0.39, 0.29) is 18.3 Å². The number of halogens is 1. The van der Waals surface area contributed by atoms with E-state index in [4.69, 9.17) is 5.73 Å². The van der Waals surface area contributed by atoms with Crippen LogP contribution in [0.5, 0.6) is 0 Å². The number of nitrogens with zero attached hydrogens (tertiary/aromatic N) is 1. The van der Waals surface area contributed by atoms with Crippen molar-refractivity contribution in [2.45, 2.75) is 42.9 Å². The number of carbonyl (C=O) groups excluding carboxylic acids is 1. The van der Waals surface area contributed by atoms with Gasteiger partial charge in [-0.3, -0.25) is 4.79 Å². The van der Waals surface area contributed by atoms with E-state index in [1.54, 1.807) is 17.3 Å². The molecule has 0 unspecified atom stereocenters. The molecule has 3 N–H and O–H groups in total. The molecule has 1 atom stereocenters. The highest BCUT2D eigenvalue weighted by molar-refractivity contribution is 7.91. The molecule has 1 aromatic rings. The molecule has 9 heteroatoms. The first-order valence-electron chi connectivity index (χ1n) is 7.53. The van der Waals surface area contributed by atoms with Crippen molar-refractivity contribution in [1.29, 1.82) is 0 Å². The number of hydrogen-bond acceptors (Lipinski definition) is 5. The predicted molar refractivity (Wildman–Crippen MR) is 94.5 cm³/mol. The van der Waals surface area contributed by atoms with Crippen molar-refractivity contribution in [2.24, 2.45) is 5.73 Å². The fourth-order valence-corrected chi connectivity index (χ4v) is 5.36. The second-order valence-electron chi connectivity index (χ2n) is 5.52. The van der Waals surface area contributed by atoms with E-state index in [1.807, 2.05) is 6.07 Å². The molecule has 1 fully saturated rings. The van der Waals surface area contributed by atoms with Crippen LogP contribution in [0.2, 0.25) is 0 Å². The summed E-state index contributed by atoms with van der Waals surface area (Å²) in [5.41, 5.74) is 5.46. The van der Waals surface area contributed by atoms with Crippen molar-refractivity contribution < 1.29 is 13.2 Å². The van der Waals surface area contributed by atoms with Crippen LogP contribution in [0.15, 0.2) is 16.3 Å². The minimum Gasteiger partial charge on any atom is -0.354 e. The van der Waals surface area contributed by atoms with E-state index in [9.17, 15) is 13.2 Å². The summed E-state index contributed by atoms with van der Waals surface area (Å²) < 4.78 is 27.0. The number of rotatable bonds is 6. The Morgan fingerprint density at radius 2 is 2.00 bits per heavy atom. The van der Waals surface area contributed by atoms with Crippen LogP contribution in [-0.4, -0.2) is 44.3 Å². The van der Waals surface area contributed by atoms with Gasteiger partial charge >= 0.3 is 0 Å².